The first-order chi connectivity index (χ1) is 13.8. The highest BCUT2D eigenvalue weighted by Gasteiger charge is 2.12. The molecule has 0 radical (unpaired) electrons. The van der Waals surface area contributed by atoms with Crippen LogP contribution < -0.4 is 21.5 Å². The van der Waals surface area contributed by atoms with Crippen LogP contribution in [0.25, 0.3) is 0 Å². The molecule has 0 saturated heterocycles. The lowest BCUT2D eigenvalue weighted by Gasteiger charge is -2.12. The first-order valence-electron chi connectivity index (χ1n) is 8.47. The number of amides is 3. The zero-order chi connectivity index (χ0) is 21.4. The van der Waals surface area contributed by atoms with Crippen molar-refractivity contribution >= 4 is 63.9 Å². The van der Waals surface area contributed by atoms with E-state index in [4.69, 9.17) is 35.4 Å². The first kappa shape index (κ1) is 22.6. The summed E-state index contributed by atoms with van der Waals surface area (Å²) in [5.41, 5.74) is 6.29. The van der Waals surface area contributed by atoms with Gasteiger partial charge in [0, 0.05) is 23.6 Å². The lowest BCUT2D eigenvalue weighted by molar-refractivity contribution is -0.124. The number of carbonyl (C=O) groups excluding carboxylic acids is 3. The van der Waals surface area contributed by atoms with Crippen LogP contribution >= 0.6 is 35.4 Å². The van der Waals surface area contributed by atoms with Crippen LogP contribution in [0.4, 0.5) is 5.69 Å². The maximum atomic E-state index is 12.1. The van der Waals surface area contributed by atoms with Gasteiger partial charge in [-0.1, -0.05) is 41.4 Å². The van der Waals surface area contributed by atoms with Gasteiger partial charge < -0.3 is 5.32 Å². The van der Waals surface area contributed by atoms with Crippen molar-refractivity contribution < 1.29 is 14.4 Å². The summed E-state index contributed by atoms with van der Waals surface area (Å²) in [5.74, 6) is -1.32. The lowest BCUT2D eigenvalue weighted by Crippen LogP contribution is -2.48. The van der Waals surface area contributed by atoms with Crippen molar-refractivity contribution in [3.63, 3.8) is 0 Å². The molecule has 0 aromatic heterocycles. The summed E-state index contributed by atoms with van der Waals surface area (Å²) >= 11 is 16.9. The van der Waals surface area contributed by atoms with Crippen LogP contribution in [0.3, 0.4) is 0 Å². The number of benzene rings is 2. The van der Waals surface area contributed by atoms with E-state index in [1.807, 2.05) is 0 Å². The van der Waals surface area contributed by atoms with Crippen LogP contribution in [0, 0.1) is 6.92 Å². The van der Waals surface area contributed by atoms with Gasteiger partial charge in [0.25, 0.3) is 5.91 Å². The highest BCUT2D eigenvalue weighted by Crippen LogP contribution is 2.23. The predicted molar refractivity (Wildman–Crippen MR) is 117 cm³/mol. The average molecular weight is 453 g/mol. The van der Waals surface area contributed by atoms with Crippen molar-refractivity contribution in [1.29, 1.82) is 0 Å². The van der Waals surface area contributed by atoms with Gasteiger partial charge in [-0.25, -0.2) is 0 Å². The third-order valence-electron chi connectivity index (χ3n) is 3.78. The van der Waals surface area contributed by atoms with Gasteiger partial charge in [-0.3, -0.25) is 30.6 Å². The van der Waals surface area contributed by atoms with Crippen LogP contribution in [-0.4, -0.2) is 22.8 Å². The van der Waals surface area contributed by atoms with E-state index < -0.39 is 11.8 Å². The van der Waals surface area contributed by atoms with E-state index in [-0.39, 0.29) is 34.4 Å². The van der Waals surface area contributed by atoms with Crippen molar-refractivity contribution in [2.45, 2.75) is 19.8 Å². The minimum atomic E-state index is -0.515. The maximum Gasteiger partial charge on any atom is 0.258 e. The van der Waals surface area contributed by atoms with Crippen molar-refractivity contribution in [1.82, 2.24) is 16.2 Å². The number of halogens is 2. The molecule has 0 fully saturated rings. The Morgan fingerprint density at radius 3 is 2.28 bits per heavy atom. The predicted octanol–water partition coefficient (Wildman–Crippen LogP) is 3.36. The average Bonchev–Trinajstić information content (AvgIpc) is 2.68. The third-order valence-corrected chi connectivity index (χ3v) is 4.73. The molecule has 0 bridgehead atoms. The third kappa shape index (κ3) is 7.01. The molecule has 4 N–H and O–H groups in total. The number of anilines is 1. The van der Waals surface area contributed by atoms with Crippen molar-refractivity contribution in [2.75, 3.05) is 5.32 Å². The Kier molecular flexibility index (Phi) is 8.38. The summed E-state index contributed by atoms with van der Waals surface area (Å²) < 4.78 is 0. The number of nitrogens with one attached hydrogen (secondary N) is 4. The highest BCUT2D eigenvalue weighted by molar-refractivity contribution is 7.80. The maximum absolute atomic E-state index is 12.1. The summed E-state index contributed by atoms with van der Waals surface area (Å²) in [6.45, 7) is 1.78. The normalized spacial score (nSPS) is 10.0. The quantitative estimate of drug-likeness (QED) is 0.411. The van der Waals surface area contributed by atoms with Crippen LogP contribution in [0.1, 0.15) is 28.8 Å². The topological polar surface area (TPSA) is 99.3 Å². The van der Waals surface area contributed by atoms with E-state index in [2.05, 4.69) is 21.5 Å². The van der Waals surface area contributed by atoms with Gasteiger partial charge >= 0.3 is 0 Å². The number of hydrogen-bond acceptors (Lipinski definition) is 4. The number of carbonyl (C=O) groups is 3. The summed E-state index contributed by atoms with van der Waals surface area (Å²) in [6, 6.07) is 11.6. The smallest absolute Gasteiger partial charge is 0.258 e. The van der Waals surface area contributed by atoms with E-state index in [0.717, 1.165) is 5.56 Å². The molecule has 0 spiro atoms. The van der Waals surface area contributed by atoms with Gasteiger partial charge in [-0.05, 0) is 49.0 Å². The first-order valence-corrected chi connectivity index (χ1v) is 9.64. The van der Waals surface area contributed by atoms with Crippen molar-refractivity contribution in [3.8, 4) is 0 Å². The number of hydrazine groups is 1. The Hall–Kier alpha value is -2.68. The zero-order valence-electron chi connectivity index (χ0n) is 15.3. The number of thiocarbonyl (C=S) groups is 1. The largest absolute Gasteiger partial charge is 0.326 e. The van der Waals surface area contributed by atoms with Gasteiger partial charge in [-0.15, -0.1) is 0 Å². The Labute approximate surface area is 183 Å². The van der Waals surface area contributed by atoms with Crippen LogP contribution in [0.15, 0.2) is 42.5 Å². The van der Waals surface area contributed by atoms with E-state index in [9.17, 15) is 14.4 Å². The molecule has 7 nitrogen and oxygen atoms in total. The molecule has 29 heavy (non-hydrogen) atoms. The summed E-state index contributed by atoms with van der Waals surface area (Å²) in [4.78, 5) is 35.9. The molecule has 0 saturated carbocycles. The highest BCUT2D eigenvalue weighted by atomic mass is 35.5. The molecular formula is C19H18Cl2N4O3S. The number of rotatable bonds is 5. The second-order valence-electron chi connectivity index (χ2n) is 5.90. The van der Waals surface area contributed by atoms with Crippen LogP contribution in [0.2, 0.25) is 10.0 Å². The monoisotopic (exact) mass is 452 g/mol. The SMILES string of the molecule is Cc1c(Cl)cccc1NC(=O)CCC(=O)NNC(=S)NC(=O)c1ccccc1Cl. The molecule has 10 heteroatoms. The molecule has 0 aliphatic carbocycles. The molecule has 3 amide bonds. The lowest BCUT2D eigenvalue weighted by atomic mass is 10.2. The molecule has 2 aromatic carbocycles. The fraction of sp³-hybridized carbons (Fsp3) is 0.158. The second kappa shape index (κ2) is 10.8. The Morgan fingerprint density at radius 2 is 1.55 bits per heavy atom. The van der Waals surface area contributed by atoms with Gasteiger partial charge in [0.1, 0.15) is 0 Å². The minimum Gasteiger partial charge on any atom is -0.326 e. The molecule has 0 aliphatic heterocycles. The Morgan fingerprint density at radius 1 is 0.897 bits per heavy atom. The number of hydrogen-bond donors (Lipinski definition) is 4. The van der Waals surface area contributed by atoms with E-state index in [1.54, 1.807) is 49.4 Å². The summed E-state index contributed by atoms with van der Waals surface area (Å²) in [6.07, 6.45) is -0.127. The molecule has 0 atom stereocenters. The fourth-order valence-corrected chi connectivity index (χ4v) is 2.76. The van der Waals surface area contributed by atoms with Crippen molar-refractivity contribution in [3.05, 3.63) is 63.6 Å². The molecule has 0 heterocycles. The van der Waals surface area contributed by atoms with Crippen molar-refractivity contribution in [2.24, 2.45) is 0 Å². The molecule has 2 aromatic rings. The standard InChI is InChI=1S/C19H18Cl2N4O3S/c1-11-13(20)7-4-8-15(11)22-16(26)9-10-17(27)24-25-19(29)23-18(28)12-5-2-3-6-14(12)21/h2-8H,9-10H2,1H3,(H,22,26)(H,24,27)(H2,23,25,28,29). The fourth-order valence-electron chi connectivity index (χ4n) is 2.22. The molecular weight excluding hydrogens is 435 g/mol. The van der Waals surface area contributed by atoms with Gasteiger partial charge in [0.05, 0.1) is 10.6 Å². The second-order valence-corrected chi connectivity index (χ2v) is 7.12. The summed E-state index contributed by atoms with van der Waals surface area (Å²) in [7, 11) is 0. The zero-order valence-corrected chi connectivity index (χ0v) is 17.7. The van der Waals surface area contributed by atoms with Crippen LogP contribution in [-0.2, 0) is 9.59 Å². The van der Waals surface area contributed by atoms with Crippen LogP contribution in [0.5, 0.6) is 0 Å². The minimum absolute atomic E-state index is 0.0434. The van der Waals surface area contributed by atoms with Gasteiger partial charge in [-0.2, -0.15) is 0 Å². The molecule has 0 unspecified atom stereocenters. The molecule has 152 valence electrons. The molecule has 2 rings (SSSR count). The summed E-state index contributed by atoms with van der Waals surface area (Å²) in [5, 5.41) is 5.80. The van der Waals surface area contributed by atoms with E-state index >= 15 is 0 Å². The van der Waals surface area contributed by atoms with E-state index in [1.165, 1.54) is 0 Å². The Bertz CT molecular complexity index is 953. The van der Waals surface area contributed by atoms with E-state index in [0.29, 0.717) is 10.7 Å². The molecule has 0 aliphatic rings. The van der Waals surface area contributed by atoms with Gasteiger partial charge in [0.15, 0.2) is 5.11 Å². The van der Waals surface area contributed by atoms with Gasteiger partial charge in [0.2, 0.25) is 11.8 Å². The Balaban J connectivity index is 1.73.